The van der Waals surface area contributed by atoms with Gasteiger partial charge in [0.25, 0.3) is 0 Å². The first-order valence-corrected chi connectivity index (χ1v) is 6.27. The minimum Gasteiger partial charge on any atom is -0.458 e. The predicted molar refractivity (Wildman–Crippen MR) is 73.6 cm³/mol. The second-order valence-corrected chi connectivity index (χ2v) is 4.20. The van der Waals surface area contributed by atoms with E-state index in [0.29, 0.717) is 11.5 Å². The average Bonchev–Trinajstić information content (AvgIpc) is 2.93. The molecule has 1 aromatic carbocycles. The third-order valence-corrected chi connectivity index (χ3v) is 2.50. The van der Waals surface area contributed by atoms with E-state index in [4.69, 9.17) is 9.15 Å². The molecule has 0 amide bonds. The Kier molecular flexibility index (Phi) is 5.02. The number of rotatable bonds is 5. The van der Waals surface area contributed by atoms with Gasteiger partial charge >= 0.3 is 11.9 Å². The molecule has 2 aromatic rings. The molecule has 114 valence electrons. The highest BCUT2D eigenvalue weighted by Gasteiger charge is 2.07. The summed E-state index contributed by atoms with van der Waals surface area (Å²) < 4.78 is 22.7. The molecule has 0 N–H and O–H groups in total. The molecule has 22 heavy (non-hydrogen) atoms. The highest BCUT2D eigenvalue weighted by Crippen LogP contribution is 2.08. The lowest BCUT2D eigenvalue weighted by atomic mass is 10.2. The van der Waals surface area contributed by atoms with Crippen molar-refractivity contribution in [1.29, 1.82) is 0 Å². The number of hydrogen-bond acceptors (Lipinski definition) is 6. The average molecular weight is 305 g/mol. The number of carbonyl (C=O) groups is 2. The lowest BCUT2D eigenvalue weighted by Gasteiger charge is -1.97. The maximum absolute atomic E-state index is 12.7. The number of ether oxygens (including phenoxy) is 1. The summed E-state index contributed by atoms with van der Waals surface area (Å²) in [6.07, 6.45) is 1.19. The molecule has 0 saturated heterocycles. The number of esters is 1. The van der Waals surface area contributed by atoms with Crippen molar-refractivity contribution in [2.24, 2.45) is 5.16 Å². The molecular formula is C15H12FNO5. The molecule has 0 aliphatic heterocycles. The number of benzene rings is 1. The maximum Gasteiger partial charge on any atom is 0.365 e. The van der Waals surface area contributed by atoms with E-state index in [-0.39, 0.29) is 12.2 Å². The number of hydrogen-bond donors (Lipinski definition) is 0. The number of carbonyl (C=O) groups excluding carboxylic acids is 2. The third-order valence-electron chi connectivity index (χ3n) is 2.50. The zero-order valence-corrected chi connectivity index (χ0v) is 11.6. The molecule has 1 heterocycles. The van der Waals surface area contributed by atoms with Crippen molar-refractivity contribution < 1.29 is 28.0 Å². The highest BCUT2D eigenvalue weighted by molar-refractivity contribution is 5.89. The van der Waals surface area contributed by atoms with Crippen molar-refractivity contribution in [3.05, 3.63) is 59.3 Å². The van der Waals surface area contributed by atoms with Crippen LogP contribution in [0.1, 0.15) is 28.8 Å². The van der Waals surface area contributed by atoms with Crippen molar-refractivity contribution in [2.75, 3.05) is 0 Å². The summed E-state index contributed by atoms with van der Waals surface area (Å²) in [5.74, 6) is -0.825. The monoisotopic (exact) mass is 305 g/mol. The van der Waals surface area contributed by atoms with Gasteiger partial charge in [0, 0.05) is 6.92 Å². The van der Waals surface area contributed by atoms with E-state index < -0.39 is 17.8 Å². The van der Waals surface area contributed by atoms with E-state index in [1.165, 1.54) is 25.3 Å². The minimum absolute atomic E-state index is 0.0124. The fourth-order valence-electron chi connectivity index (χ4n) is 1.48. The Bertz CT molecular complexity index is 690. The summed E-state index contributed by atoms with van der Waals surface area (Å²) in [6, 6.07) is 8.05. The molecule has 0 unspecified atom stereocenters. The van der Waals surface area contributed by atoms with Crippen molar-refractivity contribution in [2.45, 2.75) is 13.5 Å². The molecule has 0 saturated carbocycles. The first-order valence-electron chi connectivity index (χ1n) is 6.27. The van der Waals surface area contributed by atoms with Gasteiger partial charge in [-0.3, -0.25) is 4.79 Å². The van der Waals surface area contributed by atoms with Gasteiger partial charge < -0.3 is 14.0 Å². The molecule has 0 aliphatic carbocycles. The lowest BCUT2D eigenvalue weighted by Crippen LogP contribution is -2.00. The third kappa shape index (κ3) is 4.55. The molecule has 0 bridgehead atoms. The van der Waals surface area contributed by atoms with Crippen LogP contribution >= 0.6 is 0 Å². The van der Waals surface area contributed by atoms with E-state index in [1.807, 2.05) is 0 Å². The fraction of sp³-hybridized carbons (Fsp3) is 0.133. The molecule has 7 heteroatoms. The molecule has 1 aromatic heterocycles. The van der Waals surface area contributed by atoms with Gasteiger partial charge in [0.05, 0.1) is 5.56 Å². The van der Waals surface area contributed by atoms with Crippen molar-refractivity contribution in [3.8, 4) is 0 Å². The molecular weight excluding hydrogens is 293 g/mol. The molecule has 0 fully saturated rings. The van der Waals surface area contributed by atoms with E-state index >= 15 is 0 Å². The van der Waals surface area contributed by atoms with Crippen LogP contribution in [0.15, 0.2) is 46.0 Å². The van der Waals surface area contributed by atoms with Crippen LogP contribution in [0, 0.1) is 5.82 Å². The normalized spacial score (nSPS) is 10.6. The Balaban J connectivity index is 1.88. The Hall–Kier alpha value is -2.96. The van der Waals surface area contributed by atoms with E-state index in [1.54, 1.807) is 12.1 Å². The van der Waals surface area contributed by atoms with Crippen LogP contribution in [-0.2, 0) is 21.0 Å². The highest BCUT2D eigenvalue weighted by atomic mass is 19.1. The molecule has 0 radical (unpaired) electrons. The maximum atomic E-state index is 12.7. The first kappa shape index (κ1) is 15.4. The molecule has 0 aliphatic rings. The van der Waals surface area contributed by atoms with Gasteiger partial charge in [-0.15, -0.1) is 0 Å². The summed E-state index contributed by atoms with van der Waals surface area (Å²) in [7, 11) is 0. The quantitative estimate of drug-likeness (QED) is 0.367. The summed E-state index contributed by atoms with van der Waals surface area (Å²) >= 11 is 0. The van der Waals surface area contributed by atoms with Crippen LogP contribution in [0.4, 0.5) is 4.39 Å². The summed E-state index contributed by atoms with van der Waals surface area (Å²) in [6.45, 7) is 1.30. The van der Waals surface area contributed by atoms with Gasteiger partial charge in [-0.1, -0.05) is 5.16 Å². The SMILES string of the molecule is CC(=O)OCc1ccc(/C=N\OC(=O)c2ccc(F)cc2)o1. The molecule has 6 nitrogen and oxygen atoms in total. The lowest BCUT2D eigenvalue weighted by molar-refractivity contribution is -0.142. The van der Waals surface area contributed by atoms with E-state index in [9.17, 15) is 14.0 Å². The van der Waals surface area contributed by atoms with Gasteiger partial charge in [-0.05, 0) is 36.4 Å². The van der Waals surface area contributed by atoms with Gasteiger partial charge in [0.15, 0.2) is 0 Å². The Labute approximate surface area is 125 Å². The second kappa shape index (κ2) is 7.16. The number of halogens is 1. The van der Waals surface area contributed by atoms with Crippen molar-refractivity contribution in [1.82, 2.24) is 0 Å². The fourth-order valence-corrected chi connectivity index (χ4v) is 1.48. The van der Waals surface area contributed by atoms with E-state index in [0.717, 1.165) is 12.1 Å². The Morgan fingerprint density at radius 1 is 1.23 bits per heavy atom. The molecule has 0 spiro atoms. The number of furan rings is 1. The zero-order valence-electron chi connectivity index (χ0n) is 11.6. The Morgan fingerprint density at radius 2 is 1.95 bits per heavy atom. The van der Waals surface area contributed by atoms with Gasteiger partial charge in [0.1, 0.15) is 30.2 Å². The first-order chi connectivity index (χ1) is 10.5. The van der Waals surface area contributed by atoms with Crippen molar-refractivity contribution >= 4 is 18.2 Å². The molecule has 2 rings (SSSR count). The smallest absolute Gasteiger partial charge is 0.365 e. The van der Waals surface area contributed by atoms with E-state index in [2.05, 4.69) is 9.99 Å². The van der Waals surface area contributed by atoms with Gasteiger partial charge in [-0.2, -0.15) is 0 Å². The summed E-state index contributed by atoms with van der Waals surface area (Å²) in [4.78, 5) is 26.9. The van der Waals surface area contributed by atoms with Crippen LogP contribution in [0.3, 0.4) is 0 Å². The van der Waals surface area contributed by atoms with Crippen LogP contribution in [0.25, 0.3) is 0 Å². The largest absolute Gasteiger partial charge is 0.458 e. The van der Waals surface area contributed by atoms with Crippen LogP contribution in [-0.4, -0.2) is 18.2 Å². The van der Waals surface area contributed by atoms with Gasteiger partial charge in [0.2, 0.25) is 0 Å². The second-order valence-electron chi connectivity index (χ2n) is 4.20. The van der Waals surface area contributed by atoms with Crippen LogP contribution in [0.5, 0.6) is 0 Å². The predicted octanol–water partition coefficient (Wildman–Crippen LogP) is 2.67. The van der Waals surface area contributed by atoms with Crippen LogP contribution < -0.4 is 0 Å². The molecule has 0 atom stereocenters. The van der Waals surface area contributed by atoms with Gasteiger partial charge in [-0.25, -0.2) is 9.18 Å². The topological polar surface area (TPSA) is 78.1 Å². The standard InChI is InChI=1S/C15H12FNO5/c1-10(18)20-9-14-7-6-13(21-14)8-17-22-15(19)11-2-4-12(16)5-3-11/h2-8H,9H2,1H3/b17-8-. The van der Waals surface area contributed by atoms with Crippen molar-refractivity contribution in [3.63, 3.8) is 0 Å². The zero-order chi connectivity index (χ0) is 15.9. The summed E-state index contributed by atoms with van der Waals surface area (Å²) in [5.41, 5.74) is 0.175. The minimum atomic E-state index is -0.719. The number of nitrogens with zero attached hydrogens (tertiary/aromatic N) is 1. The van der Waals surface area contributed by atoms with Crippen LogP contribution in [0.2, 0.25) is 0 Å². The number of oxime groups is 1. The summed E-state index contributed by atoms with van der Waals surface area (Å²) in [5, 5.41) is 3.48. The Morgan fingerprint density at radius 3 is 2.64 bits per heavy atom.